The molecule has 0 aliphatic carbocycles. The maximum atomic E-state index is 13.5. The number of pyridine rings is 1. The highest BCUT2D eigenvalue weighted by molar-refractivity contribution is 5.56. The van der Waals surface area contributed by atoms with Gasteiger partial charge in [0, 0.05) is 18.7 Å². The lowest BCUT2D eigenvalue weighted by Gasteiger charge is -2.32. The molecule has 0 spiro atoms. The van der Waals surface area contributed by atoms with Crippen LogP contribution in [-0.2, 0) is 4.79 Å². The van der Waals surface area contributed by atoms with Crippen molar-refractivity contribution >= 4 is 12.0 Å². The molecule has 130 valence electrons. The summed E-state index contributed by atoms with van der Waals surface area (Å²) in [5.41, 5.74) is 0.217. The molecular formula is C13H15F6N3O. The summed E-state index contributed by atoms with van der Waals surface area (Å²) < 4.78 is 71.4. The second-order valence-electron chi connectivity index (χ2n) is 4.82. The third-order valence-electron chi connectivity index (χ3n) is 3.07. The Balaban J connectivity index is 0.000000379. The lowest BCUT2D eigenvalue weighted by molar-refractivity contribution is -0.156. The van der Waals surface area contributed by atoms with Crippen LogP contribution in [0.2, 0.25) is 0 Å². The normalized spacial score (nSPS) is 20.2. The molecule has 0 radical (unpaired) electrons. The monoisotopic (exact) mass is 343 g/mol. The van der Waals surface area contributed by atoms with Gasteiger partial charge < -0.3 is 10.6 Å². The number of hydrogen-bond acceptors (Lipinski definition) is 4. The molecule has 0 bridgehead atoms. The molecule has 0 unspecified atom stereocenters. The van der Waals surface area contributed by atoms with Gasteiger partial charge in [-0.2, -0.15) is 13.2 Å². The maximum absolute atomic E-state index is 13.5. The molecule has 0 amide bonds. The molecule has 23 heavy (non-hydrogen) atoms. The molecule has 0 saturated carbocycles. The number of rotatable bonds is 3. The van der Waals surface area contributed by atoms with E-state index in [1.54, 1.807) is 0 Å². The van der Waals surface area contributed by atoms with Crippen molar-refractivity contribution in [2.24, 2.45) is 5.92 Å². The Kier molecular flexibility index (Phi) is 6.79. The fourth-order valence-corrected chi connectivity index (χ4v) is 1.89. The standard InChI is InChI=1S/C11H14F3N3.C2HF3O/c12-9-6-15-4-2-10(9)17-5-8-1-3-16-7-11(8,13)14;3-2(4,5)1-6/h2,4,6,8,16H,1,3,5,7H2,(H,15,17);1H/t8-;/m1./s1. The lowest BCUT2D eigenvalue weighted by Crippen LogP contribution is -2.48. The smallest absolute Gasteiger partial charge is 0.382 e. The first-order valence-corrected chi connectivity index (χ1v) is 6.60. The summed E-state index contributed by atoms with van der Waals surface area (Å²) in [4.78, 5) is 12.3. The van der Waals surface area contributed by atoms with Crippen molar-refractivity contribution in [3.63, 3.8) is 0 Å². The molecule has 1 atom stereocenters. The number of aromatic nitrogens is 1. The Morgan fingerprint density at radius 3 is 2.61 bits per heavy atom. The van der Waals surface area contributed by atoms with Gasteiger partial charge in [-0.15, -0.1) is 0 Å². The number of aldehydes is 1. The SMILES string of the molecule is Fc1cnccc1NC[C@H]1CCNCC1(F)F.O=CC(F)(F)F. The van der Waals surface area contributed by atoms with Gasteiger partial charge in [-0.3, -0.25) is 9.78 Å². The summed E-state index contributed by atoms with van der Waals surface area (Å²) in [7, 11) is 0. The van der Waals surface area contributed by atoms with Crippen LogP contribution in [0.5, 0.6) is 0 Å². The Labute approximate surface area is 128 Å². The van der Waals surface area contributed by atoms with Crippen molar-refractivity contribution in [2.45, 2.75) is 18.5 Å². The van der Waals surface area contributed by atoms with Crippen molar-refractivity contribution in [3.8, 4) is 0 Å². The zero-order chi connectivity index (χ0) is 17.5. The summed E-state index contributed by atoms with van der Waals surface area (Å²) in [5.74, 6) is -4.03. The Morgan fingerprint density at radius 1 is 1.43 bits per heavy atom. The highest BCUT2D eigenvalue weighted by Crippen LogP contribution is 2.29. The van der Waals surface area contributed by atoms with Crippen molar-refractivity contribution < 1.29 is 31.1 Å². The van der Waals surface area contributed by atoms with E-state index in [-0.39, 0.29) is 18.8 Å². The topological polar surface area (TPSA) is 54.0 Å². The van der Waals surface area contributed by atoms with Crippen LogP contribution >= 0.6 is 0 Å². The largest absolute Gasteiger partial charge is 0.446 e. The van der Waals surface area contributed by atoms with Gasteiger partial charge in [0.25, 0.3) is 5.92 Å². The number of nitrogens with zero attached hydrogens (tertiary/aromatic N) is 1. The summed E-state index contributed by atoms with van der Waals surface area (Å²) in [6, 6.07) is 1.44. The van der Waals surface area contributed by atoms with E-state index in [1.807, 2.05) is 0 Å². The van der Waals surface area contributed by atoms with E-state index in [9.17, 15) is 26.3 Å². The Morgan fingerprint density at radius 2 is 2.09 bits per heavy atom. The number of halogens is 6. The summed E-state index contributed by atoms with van der Waals surface area (Å²) in [6.07, 6.45) is -2.84. The number of nitrogens with one attached hydrogen (secondary N) is 2. The van der Waals surface area contributed by atoms with Gasteiger partial charge in [0.15, 0.2) is 5.82 Å². The van der Waals surface area contributed by atoms with Crippen LogP contribution in [-0.4, -0.2) is 43.0 Å². The van der Waals surface area contributed by atoms with Crippen LogP contribution in [0, 0.1) is 11.7 Å². The molecular weight excluding hydrogens is 328 g/mol. The molecule has 1 aliphatic rings. The predicted molar refractivity (Wildman–Crippen MR) is 70.7 cm³/mol. The van der Waals surface area contributed by atoms with Crippen molar-refractivity contribution in [3.05, 3.63) is 24.3 Å². The minimum Gasteiger partial charge on any atom is -0.382 e. The number of hydrogen-bond donors (Lipinski definition) is 2. The minimum atomic E-state index is -4.64. The fraction of sp³-hybridized carbons (Fsp3) is 0.538. The first-order chi connectivity index (χ1) is 10.7. The van der Waals surface area contributed by atoms with Crippen LogP contribution in [0.3, 0.4) is 0 Å². The van der Waals surface area contributed by atoms with E-state index in [4.69, 9.17) is 4.79 Å². The van der Waals surface area contributed by atoms with Gasteiger partial charge in [-0.1, -0.05) is 0 Å². The quantitative estimate of drug-likeness (QED) is 0.654. The molecule has 2 rings (SSSR count). The highest BCUT2D eigenvalue weighted by Gasteiger charge is 2.41. The zero-order valence-electron chi connectivity index (χ0n) is 11.8. The molecule has 10 heteroatoms. The van der Waals surface area contributed by atoms with E-state index in [0.29, 0.717) is 13.0 Å². The number of piperidine rings is 1. The molecule has 1 aromatic heterocycles. The zero-order valence-corrected chi connectivity index (χ0v) is 11.8. The second kappa shape index (κ2) is 8.14. The third-order valence-corrected chi connectivity index (χ3v) is 3.07. The van der Waals surface area contributed by atoms with Gasteiger partial charge in [0.1, 0.15) is 0 Å². The number of carbonyl (C=O) groups excluding carboxylic acids is 1. The van der Waals surface area contributed by atoms with Gasteiger partial charge in [0.2, 0.25) is 6.29 Å². The molecule has 1 aliphatic heterocycles. The number of carbonyl (C=O) groups is 1. The van der Waals surface area contributed by atoms with E-state index >= 15 is 0 Å². The molecule has 2 N–H and O–H groups in total. The van der Waals surface area contributed by atoms with E-state index in [1.165, 1.54) is 12.3 Å². The van der Waals surface area contributed by atoms with Gasteiger partial charge in [-0.05, 0) is 19.0 Å². The van der Waals surface area contributed by atoms with Crippen molar-refractivity contribution in [1.82, 2.24) is 10.3 Å². The molecule has 2 heterocycles. The van der Waals surface area contributed by atoms with Gasteiger partial charge in [0.05, 0.1) is 18.4 Å². The average Bonchev–Trinajstić information content (AvgIpc) is 2.47. The molecule has 4 nitrogen and oxygen atoms in total. The van der Waals surface area contributed by atoms with Crippen molar-refractivity contribution in [2.75, 3.05) is 25.0 Å². The number of anilines is 1. The second-order valence-corrected chi connectivity index (χ2v) is 4.82. The molecule has 1 fully saturated rings. The van der Waals surface area contributed by atoms with E-state index in [0.717, 1.165) is 6.20 Å². The summed E-state index contributed by atoms with van der Waals surface area (Å²) >= 11 is 0. The number of alkyl halides is 5. The van der Waals surface area contributed by atoms with E-state index in [2.05, 4.69) is 15.6 Å². The Bertz CT molecular complexity index is 509. The fourth-order valence-electron chi connectivity index (χ4n) is 1.89. The van der Waals surface area contributed by atoms with Crippen LogP contribution < -0.4 is 10.6 Å². The van der Waals surface area contributed by atoms with E-state index < -0.39 is 30.1 Å². The summed E-state index contributed by atoms with van der Waals surface area (Å²) in [6.45, 7) is 0.328. The first kappa shape index (κ1) is 19.2. The minimum absolute atomic E-state index is 0.0651. The van der Waals surface area contributed by atoms with Gasteiger partial charge in [-0.25, -0.2) is 13.2 Å². The third kappa shape index (κ3) is 6.85. The summed E-state index contributed by atoms with van der Waals surface area (Å²) in [5, 5.41) is 5.37. The van der Waals surface area contributed by atoms with Crippen LogP contribution in [0.4, 0.5) is 32.0 Å². The van der Waals surface area contributed by atoms with Crippen LogP contribution in [0.15, 0.2) is 18.5 Å². The van der Waals surface area contributed by atoms with Crippen LogP contribution in [0.1, 0.15) is 6.42 Å². The Hall–Kier alpha value is -1.84. The predicted octanol–water partition coefficient (Wildman–Crippen LogP) is 2.62. The average molecular weight is 343 g/mol. The van der Waals surface area contributed by atoms with Crippen LogP contribution in [0.25, 0.3) is 0 Å². The molecule has 1 saturated heterocycles. The van der Waals surface area contributed by atoms with Gasteiger partial charge >= 0.3 is 6.18 Å². The molecule has 1 aromatic rings. The van der Waals surface area contributed by atoms with Crippen molar-refractivity contribution in [1.29, 1.82) is 0 Å². The highest BCUT2D eigenvalue weighted by atomic mass is 19.4. The first-order valence-electron chi connectivity index (χ1n) is 6.60. The maximum Gasteiger partial charge on any atom is 0.446 e. The molecule has 0 aromatic carbocycles. The lowest BCUT2D eigenvalue weighted by atomic mass is 9.94.